The van der Waals surface area contributed by atoms with Crippen molar-refractivity contribution >= 4 is 28.9 Å². The first-order chi connectivity index (χ1) is 9.69. The molecule has 2 aromatic heterocycles. The van der Waals surface area contributed by atoms with Crippen molar-refractivity contribution in [3.05, 3.63) is 28.0 Å². The van der Waals surface area contributed by atoms with Gasteiger partial charge in [-0.3, -0.25) is 0 Å². The summed E-state index contributed by atoms with van der Waals surface area (Å²) in [5.41, 5.74) is 7.24. The number of nitrogens with two attached hydrogens (primary N) is 1. The van der Waals surface area contributed by atoms with Gasteiger partial charge in [-0.05, 0) is 37.3 Å². The lowest BCUT2D eigenvalue weighted by molar-refractivity contribution is 0.625. The molecule has 1 aliphatic heterocycles. The second kappa shape index (κ2) is 5.28. The van der Waals surface area contributed by atoms with Gasteiger partial charge in [0.05, 0.1) is 6.04 Å². The fourth-order valence-corrected chi connectivity index (χ4v) is 3.66. The van der Waals surface area contributed by atoms with Crippen molar-refractivity contribution in [1.82, 2.24) is 9.97 Å². The van der Waals surface area contributed by atoms with E-state index in [1.54, 1.807) is 0 Å². The molecular weight excluding hydrogens is 270 g/mol. The Morgan fingerprint density at radius 2 is 2.35 bits per heavy atom. The first kappa shape index (κ1) is 13.2. The van der Waals surface area contributed by atoms with Crippen LogP contribution >= 0.6 is 11.3 Å². The van der Waals surface area contributed by atoms with Crippen LogP contribution in [0.2, 0.25) is 0 Å². The summed E-state index contributed by atoms with van der Waals surface area (Å²) in [5.74, 6) is 2.01. The van der Waals surface area contributed by atoms with E-state index in [9.17, 15) is 0 Å². The van der Waals surface area contributed by atoms with Gasteiger partial charge in [-0.1, -0.05) is 0 Å². The van der Waals surface area contributed by atoms with Gasteiger partial charge < -0.3 is 16.0 Å². The molecule has 0 radical (unpaired) electrons. The molecular formula is C14H19N5S. The Balaban J connectivity index is 1.93. The van der Waals surface area contributed by atoms with E-state index < -0.39 is 0 Å². The Kier molecular flexibility index (Phi) is 3.48. The largest absolute Gasteiger partial charge is 0.370 e. The molecule has 6 heteroatoms. The molecule has 1 unspecified atom stereocenters. The van der Waals surface area contributed by atoms with Crippen LogP contribution < -0.4 is 16.0 Å². The molecule has 1 aliphatic rings. The molecule has 2 aromatic rings. The van der Waals surface area contributed by atoms with Crippen LogP contribution in [-0.4, -0.2) is 23.1 Å². The third-order valence-corrected chi connectivity index (χ3v) is 4.66. The molecule has 106 valence electrons. The monoisotopic (exact) mass is 289 g/mol. The molecule has 0 bridgehead atoms. The Hall–Kier alpha value is -1.82. The van der Waals surface area contributed by atoms with Crippen LogP contribution in [0.5, 0.6) is 0 Å². The summed E-state index contributed by atoms with van der Waals surface area (Å²) < 4.78 is 0. The molecule has 0 aliphatic carbocycles. The Morgan fingerprint density at radius 1 is 1.50 bits per heavy atom. The van der Waals surface area contributed by atoms with Crippen LogP contribution in [0, 0.1) is 0 Å². The molecule has 0 amide bonds. The average molecular weight is 289 g/mol. The Morgan fingerprint density at radius 3 is 3.15 bits per heavy atom. The zero-order valence-electron chi connectivity index (χ0n) is 11.8. The fourth-order valence-electron chi connectivity index (χ4n) is 2.69. The number of nitrogens with zero attached hydrogens (tertiary/aromatic N) is 3. The van der Waals surface area contributed by atoms with E-state index in [1.165, 1.54) is 10.4 Å². The maximum Gasteiger partial charge on any atom is 0.223 e. The van der Waals surface area contributed by atoms with E-state index in [-0.39, 0.29) is 0 Å². The fraction of sp³-hybridized carbons (Fsp3) is 0.429. The molecule has 1 atom stereocenters. The van der Waals surface area contributed by atoms with Gasteiger partial charge in [-0.2, -0.15) is 9.97 Å². The molecule has 3 N–H and O–H groups in total. The van der Waals surface area contributed by atoms with E-state index in [0.29, 0.717) is 12.0 Å². The van der Waals surface area contributed by atoms with E-state index in [2.05, 4.69) is 38.6 Å². The van der Waals surface area contributed by atoms with E-state index in [1.807, 2.05) is 24.3 Å². The number of hydrogen-bond donors (Lipinski definition) is 2. The summed E-state index contributed by atoms with van der Waals surface area (Å²) in [5, 5.41) is 5.37. The van der Waals surface area contributed by atoms with Crippen LogP contribution in [0.25, 0.3) is 0 Å². The maximum atomic E-state index is 5.83. The predicted octanol–water partition coefficient (Wildman–Crippen LogP) is 2.68. The number of thiophene rings is 1. The van der Waals surface area contributed by atoms with Gasteiger partial charge in [-0.15, -0.1) is 11.3 Å². The zero-order valence-corrected chi connectivity index (χ0v) is 12.6. The summed E-state index contributed by atoms with van der Waals surface area (Å²) in [4.78, 5) is 12.4. The number of anilines is 3. The number of aromatic nitrogens is 2. The number of rotatable bonds is 3. The van der Waals surface area contributed by atoms with Crippen molar-refractivity contribution in [2.75, 3.05) is 29.0 Å². The quantitative estimate of drug-likeness (QED) is 0.909. The highest BCUT2D eigenvalue weighted by Crippen LogP contribution is 2.35. The number of fused-ring (bicyclic) bond motifs is 1. The first-order valence-electron chi connectivity index (χ1n) is 6.90. The standard InChI is InChI=1S/C14H19N5S/c1-3-16-12-8-13(18-14(15)17-12)19-6-4-11-10(9(19)2)5-7-20-11/h5,7-9H,3-4,6H2,1-2H3,(H3,15,16,17,18). The molecule has 20 heavy (non-hydrogen) atoms. The van der Waals surface area contributed by atoms with E-state index in [0.717, 1.165) is 31.1 Å². The third-order valence-electron chi connectivity index (χ3n) is 3.66. The van der Waals surface area contributed by atoms with Crippen molar-refractivity contribution in [2.45, 2.75) is 26.3 Å². The van der Waals surface area contributed by atoms with Crippen LogP contribution in [-0.2, 0) is 6.42 Å². The van der Waals surface area contributed by atoms with Gasteiger partial charge in [0.25, 0.3) is 0 Å². The van der Waals surface area contributed by atoms with Gasteiger partial charge >= 0.3 is 0 Å². The van der Waals surface area contributed by atoms with Gasteiger partial charge in [0.1, 0.15) is 11.6 Å². The van der Waals surface area contributed by atoms with Crippen LogP contribution in [0.15, 0.2) is 17.5 Å². The van der Waals surface area contributed by atoms with Gasteiger partial charge in [-0.25, -0.2) is 0 Å². The Bertz CT molecular complexity index is 609. The number of hydrogen-bond acceptors (Lipinski definition) is 6. The zero-order chi connectivity index (χ0) is 14.1. The highest BCUT2D eigenvalue weighted by Gasteiger charge is 2.26. The minimum Gasteiger partial charge on any atom is -0.370 e. The third kappa shape index (κ3) is 2.31. The van der Waals surface area contributed by atoms with Crippen LogP contribution in [0.1, 0.15) is 30.3 Å². The molecule has 0 saturated heterocycles. The minimum absolute atomic E-state index is 0.321. The predicted molar refractivity (Wildman–Crippen MR) is 84.4 cm³/mol. The van der Waals surface area contributed by atoms with Crippen LogP contribution in [0.4, 0.5) is 17.6 Å². The summed E-state index contributed by atoms with van der Waals surface area (Å²) in [6.07, 6.45) is 1.07. The lowest BCUT2D eigenvalue weighted by atomic mass is 10.0. The molecule has 0 saturated carbocycles. The Labute approximate surface area is 122 Å². The molecule has 0 spiro atoms. The van der Waals surface area contributed by atoms with Crippen molar-refractivity contribution in [1.29, 1.82) is 0 Å². The molecule has 3 rings (SSSR count). The summed E-state index contributed by atoms with van der Waals surface area (Å²) in [6.45, 7) is 6.05. The maximum absolute atomic E-state index is 5.83. The number of nitrogens with one attached hydrogen (secondary N) is 1. The first-order valence-corrected chi connectivity index (χ1v) is 7.78. The highest BCUT2D eigenvalue weighted by atomic mass is 32.1. The minimum atomic E-state index is 0.321. The van der Waals surface area contributed by atoms with Crippen molar-refractivity contribution in [2.24, 2.45) is 0 Å². The molecule has 0 aromatic carbocycles. The molecule has 5 nitrogen and oxygen atoms in total. The second-order valence-corrected chi connectivity index (χ2v) is 5.92. The lowest BCUT2D eigenvalue weighted by Crippen LogP contribution is -2.34. The van der Waals surface area contributed by atoms with Crippen LogP contribution in [0.3, 0.4) is 0 Å². The molecule has 0 fully saturated rings. The van der Waals surface area contributed by atoms with Gasteiger partial charge in [0, 0.05) is 24.0 Å². The SMILES string of the molecule is CCNc1cc(N2CCc3sccc3C2C)nc(N)n1. The summed E-state index contributed by atoms with van der Waals surface area (Å²) in [6, 6.07) is 4.52. The van der Waals surface area contributed by atoms with Gasteiger partial charge in [0.15, 0.2) is 0 Å². The smallest absolute Gasteiger partial charge is 0.223 e. The summed E-state index contributed by atoms with van der Waals surface area (Å²) in [7, 11) is 0. The van der Waals surface area contributed by atoms with Gasteiger partial charge in [0.2, 0.25) is 5.95 Å². The summed E-state index contributed by atoms with van der Waals surface area (Å²) >= 11 is 1.84. The lowest BCUT2D eigenvalue weighted by Gasteiger charge is -2.34. The normalized spacial score (nSPS) is 17.9. The van der Waals surface area contributed by atoms with E-state index >= 15 is 0 Å². The highest BCUT2D eigenvalue weighted by molar-refractivity contribution is 7.10. The van der Waals surface area contributed by atoms with Crippen molar-refractivity contribution in [3.8, 4) is 0 Å². The van der Waals surface area contributed by atoms with Crippen molar-refractivity contribution < 1.29 is 0 Å². The van der Waals surface area contributed by atoms with Crippen molar-refractivity contribution in [3.63, 3.8) is 0 Å². The average Bonchev–Trinajstić information content (AvgIpc) is 2.88. The number of nitrogen functional groups attached to an aromatic ring is 1. The topological polar surface area (TPSA) is 67.1 Å². The molecule has 3 heterocycles. The van der Waals surface area contributed by atoms with E-state index in [4.69, 9.17) is 5.73 Å². The second-order valence-electron chi connectivity index (χ2n) is 4.92.